The lowest BCUT2D eigenvalue weighted by molar-refractivity contribution is 0.0358. The number of anilines is 1. The van der Waals surface area contributed by atoms with Crippen LogP contribution in [0.3, 0.4) is 0 Å². The molecule has 2 N–H and O–H groups in total. The van der Waals surface area contributed by atoms with Gasteiger partial charge >= 0.3 is 5.97 Å². The highest BCUT2D eigenvalue weighted by molar-refractivity contribution is 7.80. The number of ether oxygens (including phenoxy) is 2. The van der Waals surface area contributed by atoms with Crippen LogP contribution in [0.4, 0.5) is 5.69 Å². The number of H-pyrrole nitrogens is 1. The average molecular weight is 509 g/mol. The van der Waals surface area contributed by atoms with Gasteiger partial charge in [-0.3, -0.25) is 9.69 Å². The van der Waals surface area contributed by atoms with Crippen molar-refractivity contribution in [3.8, 4) is 0 Å². The van der Waals surface area contributed by atoms with Crippen LogP contribution >= 0.6 is 12.2 Å². The van der Waals surface area contributed by atoms with Crippen molar-refractivity contribution in [2.75, 3.05) is 51.8 Å². The number of nitrogens with zero attached hydrogens (tertiary/aromatic N) is 2. The Morgan fingerprint density at radius 2 is 1.89 bits per heavy atom. The number of aryl methyl sites for hydroxylation is 2. The van der Waals surface area contributed by atoms with Crippen molar-refractivity contribution in [3.05, 3.63) is 75.1 Å². The number of rotatable bonds is 7. The number of aromatic nitrogens is 1. The largest absolute Gasteiger partial charge is 0.465 e. The fraction of sp³-hybridized carbons (Fsp3) is 0.370. The van der Waals surface area contributed by atoms with Crippen LogP contribution in [-0.4, -0.2) is 72.4 Å². The summed E-state index contributed by atoms with van der Waals surface area (Å²) < 4.78 is 10.4. The van der Waals surface area contributed by atoms with Gasteiger partial charge < -0.3 is 24.7 Å². The average Bonchev–Trinajstić information content (AvgIpc) is 2.88. The van der Waals surface area contributed by atoms with Gasteiger partial charge in [-0.15, -0.1) is 0 Å². The molecule has 0 amide bonds. The predicted octanol–water partition coefficient (Wildman–Crippen LogP) is 3.46. The molecule has 0 bridgehead atoms. The van der Waals surface area contributed by atoms with Crippen LogP contribution in [0, 0.1) is 13.8 Å². The van der Waals surface area contributed by atoms with Crippen LogP contribution in [0.25, 0.3) is 10.9 Å². The van der Waals surface area contributed by atoms with E-state index in [0.717, 1.165) is 36.1 Å². The Hall–Kier alpha value is -3.27. The number of carbonyl (C=O) groups excluding carboxylic acids is 1. The van der Waals surface area contributed by atoms with E-state index >= 15 is 0 Å². The van der Waals surface area contributed by atoms with Crippen LogP contribution in [0.15, 0.2) is 47.3 Å². The summed E-state index contributed by atoms with van der Waals surface area (Å²) in [7, 11) is 1.35. The molecule has 0 unspecified atom stereocenters. The normalized spacial score (nSPS) is 14.0. The molecule has 2 aromatic carbocycles. The van der Waals surface area contributed by atoms with Gasteiger partial charge in [0.15, 0.2) is 5.11 Å². The van der Waals surface area contributed by atoms with Gasteiger partial charge in [-0.1, -0.05) is 12.1 Å². The van der Waals surface area contributed by atoms with Gasteiger partial charge in [0, 0.05) is 37.3 Å². The Labute approximate surface area is 216 Å². The first-order valence-electron chi connectivity index (χ1n) is 12.0. The van der Waals surface area contributed by atoms with E-state index in [2.05, 4.69) is 28.2 Å². The number of methoxy groups -OCH3 is 1. The second-order valence-corrected chi connectivity index (χ2v) is 9.38. The van der Waals surface area contributed by atoms with Gasteiger partial charge in [0.1, 0.15) is 0 Å². The van der Waals surface area contributed by atoms with E-state index in [1.807, 2.05) is 30.0 Å². The number of fused-ring (bicyclic) bond motifs is 1. The van der Waals surface area contributed by atoms with Gasteiger partial charge in [-0.2, -0.15) is 0 Å². The number of morpholine rings is 1. The van der Waals surface area contributed by atoms with E-state index < -0.39 is 5.97 Å². The van der Waals surface area contributed by atoms with E-state index in [1.54, 1.807) is 18.2 Å². The molecule has 1 aromatic heterocycles. The zero-order valence-electron chi connectivity index (χ0n) is 20.9. The smallest absolute Gasteiger partial charge is 0.339 e. The molecule has 1 fully saturated rings. The van der Waals surface area contributed by atoms with E-state index in [-0.39, 0.29) is 5.56 Å². The number of nitrogens with one attached hydrogen (secondary N) is 2. The number of pyridine rings is 1. The number of aromatic amines is 1. The lowest BCUT2D eigenvalue weighted by Gasteiger charge is -2.31. The number of thiocarbonyl (C=S) groups is 1. The van der Waals surface area contributed by atoms with Gasteiger partial charge in [0.05, 0.1) is 38.1 Å². The Bertz CT molecular complexity index is 1320. The topological polar surface area (TPSA) is 86.9 Å². The molecule has 0 spiro atoms. The highest BCUT2D eigenvalue weighted by Gasteiger charge is 2.19. The van der Waals surface area contributed by atoms with Gasteiger partial charge in [0.2, 0.25) is 0 Å². The molecule has 1 saturated heterocycles. The number of benzene rings is 2. The maximum atomic E-state index is 13.0. The standard InChI is InChI=1S/C27H32N4O4S/c1-18-14-20-16-21(25(32)28-24(20)15-19(18)2)17-31(9-8-30-10-12-35-13-11-30)27(36)29-23-7-5-4-6-22(23)26(33)34-3/h4-7,14-16H,8-13,17H2,1-3H3,(H,28,32)(H,29,36). The summed E-state index contributed by atoms with van der Waals surface area (Å²) >= 11 is 5.79. The van der Waals surface area contributed by atoms with Crippen LogP contribution in [0.1, 0.15) is 27.0 Å². The van der Waals surface area contributed by atoms with Crippen LogP contribution in [0.5, 0.6) is 0 Å². The summed E-state index contributed by atoms with van der Waals surface area (Å²) in [6.45, 7) is 8.93. The first-order valence-corrected chi connectivity index (χ1v) is 12.4. The first kappa shape index (κ1) is 25.8. The highest BCUT2D eigenvalue weighted by Crippen LogP contribution is 2.20. The predicted molar refractivity (Wildman–Crippen MR) is 146 cm³/mol. The summed E-state index contributed by atoms with van der Waals surface area (Å²) in [5.41, 5.74) is 4.56. The zero-order valence-corrected chi connectivity index (χ0v) is 21.7. The quantitative estimate of drug-likeness (QED) is 0.371. The summed E-state index contributed by atoms with van der Waals surface area (Å²) in [4.78, 5) is 32.6. The number of para-hydroxylation sites is 1. The van der Waals surface area contributed by atoms with Crippen molar-refractivity contribution >= 4 is 39.9 Å². The van der Waals surface area contributed by atoms with Crippen molar-refractivity contribution in [2.45, 2.75) is 20.4 Å². The van der Waals surface area contributed by atoms with Crippen LogP contribution < -0.4 is 10.9 Å². The Kier molecular flexibility index (Phi) is 8.35. The monoisotopic (exact) mass is 508 g/mol. The third-order valence-corrected chi connectivity index (χ3v) is 6.91. The van der Waals surface area contributed by atoms with E-state index in [9.17, 15) is 9.59 Å². The first-order chi connectivity index (χ1) is 17.4. The summed E-state index contributed by atoms with van der Waals surface area (Å²) in [6.07, 6.45) is 0. The minimum absolute atomic E-state index is 0.139. The minimum atomic E-state index is -0.447. The molecule has 0 radical (unpaired) electrons. The van der Waals surface area contributed by atoms with Crippen molar-refractivity contribution in [3.63, 3.8) is 0 Å². The van der Waals surface area contributed by atoms with E-state index in [4.69, 9.17) is 21.7 Å². The van der Waals surface area contributed by atoms with E-state index in [0.29, 0.717) is 48.2 Å². The van der Waals surface area contributed by atoms with Crippen molar-refractivity contribution in [2.24, 2.45) is 0 Å². The maximum absolute atomic E-state index is 13.0. The Morgan fingerprint density at radius 1 is 1.17 bits per heavy atom. The molecule has 9 heteroatoms. The van der Waals surface area contributed by atoms with E-state index in [1.165, 1.54) is 12.7 Å². The lowest BCUT2D eigenvalue weighted by Crippen LogP contribution is -2.44. The van der Waals surface area contributed by atoms with Gasteiger partial charge in [0.25, 0.3) is 5.56 Å². The molecule has 36 heavy (non-hydrogen) atoms. The highest BCUT2D eigenvalue weighted by atomic mass is 32.1. The molecule has 2 heterocycles. The molecule has 0 saturated carbocycles. The van der Waals surface area contributed by atoms with Gasteiger partial charge in [-0.25, -0.2) is 4.79 Å². The number of esters is 1. The fourth-order valence-corrected chi connectivity index (χ4v) is 4.52. The Balaban J connectivity index is 1.60. The maximum Gasteiger partial charge on any atom is 0.339 e. The molecule has 0 aliphatic carbocycles. The Morgan fingerprint density at radius 3 is 2.64 bits per heavy atom. The molecule has 4 rings (SSSR count). The fourth-order valence-electron chi connectivity index (χ4n) is 4.26. The zero-order chi connectivity index (χ0) is 25.7. The van der Waals surface area contributed by atoms with Crippen molar-refractivity contribution in [1.82, 2.24) is 14.8 Å². The molecule has 8 nitrogen and oxygen atoms in total. The number of hydrogen-bond donors (Lipinski definition) is 2. The summed E-state index contributed by atoms with van der Waals surface area (Å²) in [5, 5.41) is 4.62. The van der Waals surface area contributed by atoms with Crippen molar-refractivity contribution in [1.29, 1.82) is 0 Å². The second-order valence-electron chi connectivity index (χ2n) is 8.99. The van der Waals surface area contributed by atoms with Crippen molar-refractivity contribution < 1.29 is 14.3 Å². The molecule has 1 aliphatic heterocycles. The second kappa shape index (κ2) is 11.6. The molecule has 1 aliphatic rings. The number of hydrogen-bond acceptors (Lipinski definition) is 6. The third-order valence-electron chi connectivity index (χ3n) is 6.55. The van der Waals surface area contributed by atoms with Crippen LogP contribution in [0.2, 0.25) is 0 Å². The molecule has 3 aromatic rings. The van der Waals surface area contributed by atoms with Crippen LogP contribution in [-0.2, 0) is 16.0 Å². The SMILES string of the molecule is COC(=O)c1ccccc1NC(=S)N(CCN1CCOCC1)Cc1cc2cc(C)c(C)cc2[nH]c1=O. The third kappa shape index (κ3) is 6.10. The molecular formula is C27H32N4O4S. The lowest BCUT2D eigenvalue weighted by atomic mass is 10.0. The number of carbonyl (C=O) groups is 1. The molecular weight excluding hydrogens is 476 g/mol. The van der Waals surface area contributed by atoms with Gasteiger partial charge in [-0.05, 0) is 72.9 Å². The molecule has 0 atom stereocenters. The summed E-state index contributed by atoms with van der Waals surface area (Å²) in [5.74, 6) is -0.447. The molecule has 190 valence electrons. The summed E-state index contributed by atoms with van der Waals surface area (Å²) in [6, 6.07) is 13.1. The minimum Gasteiger partial charge on any atom is -0.465 e.